The molecule has 1 aromatic rings. The Morgan fingerprint density at radius 3 is 2.89 bits per heavy atom. The van der Waals surface area contributed by atoms with Crippen molar-refractivity contribution in [2.75, 3.05) is 0 Å². The molecule has 0 radical (unpaired) electrons. The fourth-order valence-electron chi connectivity index (χ4n) is 2.09. The summed E-state index contributed by atoms with van der Waals surface area (Å²) in [4.78, 5) is 14.1. The van der Waals surface area contributed by atoms with Gasteiger partial charge in [0.15, 0.2) is 0 Å². The summed E-state index contributed by atoms with van der Waals surface area (Å²) < 4.78 is 5.50. The Bertz CT molecular complexity index is 441. The molecule has 1 saturated heterocycles. The predicted octanol–water partition coefficient (Wildman–Crippen LogP) is 0.561. The van der Waals surface area contributed by atoms with Gasteiger partial charge in [0.1, 0.15) is 12.3 Å². The number of aliphatic hydroxyl groups is 2. The quantitative estimate of drug-likeness (QED) is 0.590. The van der Waals surface area contributed by atoms with Gasteiger partial charge in [-0.2, -0.15) is 0 Å². The van der Waals surface area contributed by atoms with E-state index >= 15 is 0 Å². The highest BCUT2D eigenvalue weighted by Crippen LogP contribution is 2.35. The van der Waals surface area contributed by atoms with Gasteiger partial charge >= 0.3 is 0 Å². The standard InChI is InChI=1S/C11H14N2O5/c1-6-11(15)9(14)4-10(18-6)7-2-3-12-5-8(7)13(16)17/h2-3,5-6,9-11,14-15H,4H2,1H3. The van der Waals surface area contributed by atoms with Gasteiger partial charge in [-0.25, -0.2) is 0 Å². The number of hydrogen-bond acceptors (Lipinski definition) is 6. The number of pyridine rings is 1. The minimum atomic E-state index is -0.970. The van der Waals surface area contributed by atoms with Gasteiger partial charge in [0.25, 0.3) is 5.69 Å². The lowest BCUT2D eigenvalue weighted by Gasteiger charge is -2.35. The van der Waals surface area contributed by atoms with Gasteiger partial charge in [0.2, 0.25) is 0 Å². The number of hydrogen-bond donors (Lipinski definition) is 2. The van der Waals surface area contributed by atoms with Crippen LogP contribution in [0.25, 0.3) is 0 Å². The largest absolute Gasteiger partial charge is 0.390 e. The van der Waals surface area contributed by atoms with Crippen LogP contribution in [-0.4, -0.2) is 38.4 Å². The minimum absolute atomic E-state index is 0.121. The average molecular weight is 254 g/mol. The van der Waals surface area contributed by atoms with Crippen LogP contribution in [0.15, 0.2) is 18.5 Å². The Labute approximate surface area is 103 Å². The Balaban J connectivity index is 2.30. The second-order valence-corrected chi connectivity index (χ2v) is 4.32. The third-order valence-corrected chi connectivity index (χ3v) is 3.09. The lowest BCUT2D eigenvalue weighted by Crippen LogP contribution is -2.44. The summed E-state index contributed by atoms with van der Waals surface area (Å²) in [6, 6.07) is 1.50. The summed E-state index contributed by atoms with van der Waals surface area (Å²) in [6.45, 7) is 1.62. The zero-order valence-electron chi connectivity index (χ0n) is 9.76. The van der Waals surface area contributed by atoms with Gasteiger partial charge in [-0.15, -0.1) is 0 Å². The van der Waals surface area contributed by atoms with Gasteiger partial charge in [-0.3, -0.25) is 15.1 Å². The van der Waals surface area contributed by atoms with Crippen molar-refractivity contribution in [2.45, 2.75) is 37.8 Å². The van der Waals surface area contributed by atoms with Gasteiger partial charge < -0.3 is 14.9 Å². The van der Waals surface area contributed by atoms with E-state index < -0.39 is 29.3 Å². The summed E-state index contributed by atoms with van der Waals surface area (Å²) >= 11 is 0. The highest BCUT2D eigenvalue weighted by atomic mass is 16.6. The van der Waals surface area contributed by atoms with Crippen molar-refractivity contribution in [3.8, 4) is 0 Å². The molecule has 0 bridgehead atoms. The molecule has 18 heavy (non-hydrogen) atoms. The van der Waals surface area contributed by atoms with Gasteiger partial charge in [-0.1, -0.05) is 0 Å². The van der Waals surface area contributed by atoms with Crippen molar-refractivity contribution >= 4 is 5.69 Å². The second-order valence-electron chi connectivity index (χ2n) is 4.32. The van der Waals surface area contributed by atoms with Crippen LogP contribution in [0.4, 0.5) is 5.69 Å². The van der Waals surface area contributed by atoms with Crippen molar-refractivity contribution in [3.63, 3.8) is 0 Å². The van der Waals surface area contributed by atoms with Gasteiger partial charge in [0.05, 0.1) is 28.8 Å². The van der Waals surface area contributed by atoms with E-state index in [0.717, 1.165) is 6.20 Å². The molecule has 0 saturated carbocycles. The molecule has 1 aliphatic heterocycles. The summed E-state index contributed by atoms with van der Waals surface area (Å²) in [7, 11) is 0. The van der Waals surface area contributed by atoms with Crippen LogP contribution in [0.3, 0.4) is 0 Å². The molecule has 7 heteroatoms. The fourth-order valence-corrected chi connectivity index (χ4v) is 2.09. The predicted molar refractivity (Wildman–Crippen MR) is 60.8 cm³/mol. The van der Waals surface area contributed by atoms with E-state index in [1.54, 1.807) is 6.92 Å². The lowest BCUT2D eigenvalue weighted by molar-refractivity contribution is -0.386. The molecule has 1 aliphatic rings. The van der Waals surface area contributed by atoms with Crippen LogP contribution < -0.4 is 0 Å². The second kappa shape index (κ2) is 4.97. The highest BCUT2D eigenvalue weighted by Gasteiger charge is 2.37. The average Bonchev–Trinajstić information content (AvgIpc) is 2.35. The zero-order valence-corrected chi connectivity index (χ0v) is 9.76. The molecule has 0 aromatic carbocycles. The van der Waals surface area contributed by atoms with E-state index in [1.165, 1.54) is 12.3 Å². The van der Waals surface area contributed by atoms with E-state index in [1.807, 2.05) is 0 Å². The third-order valence-electron chi connectivity index (χ3n) is 3.09. The monoisotopic (exact) mass is 254 g/mol. The van der Waals surface area contributed by atoms with Crippen LogP contribution in [0.2, 0.25) is 0 Å². The van der Waals surface area contributed by atoms with Crippen LogP contribution in [-0.2, 0) is 4.74 Å². The Hall–Kier alpha value is -1.57. The highest BCUT2D eigenvalue weighted by molar-refractivity contribution is 5.38. The molecule has 98 valence electrons. The molecule has 0 amide bonds. The van der Waals surface area contributed by atoms with Crippen LogP contribution >= 0.6 is 0 Å². The number of nitrogens with zero attached hydrogens (tertiary/aromatic N) is 2. The summed E-state index contributed by atoms with van der Waals surface area (Å²) in [5.74, 6) is 0. The summed E-state index contributed by atoms with van der Waals surface area (Å²) in [5, 5.41) is 30.2. The van der Waals surface area contributed by atoms with E-state index in [4.69, 9.17) is 4.74 Å². The molecular weight excluding hydrogens is 240 g/mol. The van der Waals surface area contributed by atoms with E-state index in [9.17, 15) is 20.3 Å². The van der Waals surface area contributed by atoms with Crippen molar-refractivity contribution in [2.24, 2.45) is 0 Å². The minimum Gasteiger partial charge on any atom is -0.390 e. The van der Waals surface area contributed by atoms with Crippen LogP contribution in [0.5, 0.6) is 0 Å². The molecule has 4 unspecified atom stereocenters. The first kappa shape index (κ1) is 12.9. The maximum absolute atomic E-state index is 10.9. The first-order valence-corrected chi connectivity index (χ1v) is 5.60. The van der Waals surface area contributed by atoms with Gasteiger partial charge in [0, 0.05) is 12.6 Å². The third kappa shape index (κ3) is 2.33. The molecule has 2 N–H and O–H groups in total. The summed E-state index contributed by atoms with van der Waals surface area (Å²) in [6.07, 6.45) is -0.396. The lowest BCUT2D eigenvalue weighted by atomic mass is 9.94. The molecule has 1 fully saturated rings. The van der Waals surface area contributed by atoms with Crippen molar-refractivity contribution in [1.82, 2.24) is 4.98 Å². The number of aromatic nitrogens is 1. The fraction of sp³-hybridized carbons (Fsp3) is 0.545. The Morgan fingerprint density at radius 2 is 2.28 bits per heavy atom. The summed E-state index contributed by atoms with van der Waals surface area (Å²) in [5.41, 5.74) is 0.228. The molecular formula is C11H14N2O5. The number of aliphatic hydroxyl groups excluding tert-OH is 2. The number of rotatable bonds is 2. The molecule has 4 atom stereocenters. The topological polar surface area (TPSA) is 106 Å². The first-order valence-electron chi connectivity index (χ1n) is 5.60. The van der Waals surface area contributed by atoms with E-state index in [-0.39, 0.29) is 12.1 Å². The molecule has 2 heterocycles. The molecule has 7 nitrogen and oxygen atoms in total. The molecule has 2 rings (SSSR count). The Morgan fingerprint density at radius 1 is 1.56 bits per heavy atom. The molecule has 0 aliphatic carbocycles. The maximum Gasteiger partial charge on any atom is 0.293 e. The van der Waals surface area contributed by atoms with Crippen molar-refractivity contribution in [3.05, 3.63) is 34.1 Å². The van der Waals surface area contributed by atoms with Crippen molar-refractivity contribution < 1.29 is 19.9 Å². The number of nitro groups is 1. The smallest absolute Gasteiger partial charge is 0.293 e. The normalized spacial score (nSPS) is 32.2. The van der Waals surface area contributed by atoms with Crippen LogP contribution in [0, 0.1) is 10.1 Å². The number of ether oxygens (including phenoxy) is 1. The van der Waals surface area contributed by atoms with E-state index in [2.05, 4.69) is 4.98 Å². The van der Waals surface area contributed by atoms with Crippen molar-refractivity contribution in [1.29, 1.82) is 0 Å². The first-order chi connectivity index (χ1) is 8.50. The van der Waals surface area contributed by atoms with Gasteiger partial charge in [-0.05, 0) is 13.0 Å². The molecule has 1 aromatic heterocycles. The Kier molecular flexibility index (Phi) is 3.55. The molecule has 0 spiro atoms. The zero-order chi connectivity index (χ0) is 13.3. The SMILES string of the molecule is CC1OC(c2ccncc2[N+](=O)[O-])CC(O)C1O. The van der Waals surface area contributed by atoms with E-state index in [0.29, 0.717) is 5.56 Å². The van der Waals surface area contributed by atoms with Crippen LogP contribution in [0.1, 0.15) is 25.0 Å². The maximum atomic E-state index is 10.9.